The second-order valence-electron chi connectivity index (χ2n) is 6.80. The Labute approximate surface area is 160 Å². The molecule has 0 saturated carbocycles. The number of hydrogen-bond acceptors (Lipinski definition) is 3. The summed E-state index contributed by atoms with van der Waals surface area (Å²) < 4.78 is 39.9. The Hall–Kier alpha value is -2.84. The number of alkyl halides is 3. The number of aryl methyl sites for hydroxylation is 2. The first-order valence-electron chi connectivity index (χ1n) is 9.03. The van der Waals surface area contributed by atoms with Crippen LogP contribution in [0.2, 0.25) is 0 Å². The van der Waals surface area contributed by atoms with Crippen LogP contribution in [0.15, 0.2) is 30.5 Å². The van der Waals surface area contributed by atoms with Crippen molar-refractivity contribution in [2.24, 2.45) is 7.05 Å². The third-order valence-electron chi connectivity index (χ3n) is 4.64. The van der Waals surface area contributed by atoms with Crippen molar-refractivity contribution in [2.45, 2.75) is 31.9 Å². The molecule has 1 aliphatic heterocycles. The highest BCUT2D eigenvalue weighted by Gasteiger charge is 2.39. The molecule has 0 bridgehead atoms. The minimum absolute atomic E-state index is 0.131. The molecular weight excluding hydrogens is 373 g/mol. The Balaban J connectivity index is 1.60. The zero-order chi connectivity index (χ0) is 20.3. The molecule has 1 aliphatic rings. The molecular formula is C19H21F3N4O2. The zero-order valence-electron chi connectivity index (χ0n) is 15.4. The molecule has 0 unspecified atom stereocenters. The number of halogens is 3. The van der Waals surface area contributed by atoms with E-state index in [4.69, 9.17) is 0 Å². The predicted molar refractivity (Wildman–Crippen MR) is 96.7 cm³/mol. The SMILES string of the molecule is Cn1cc(C(=O)Nc2ccc(CCC(=O)N3CCCC3)cc2)c(C(F)(F)F)n1. The summed E-state index contributed by atoms with van der Waals surface area (Å²) in [6.07, 6.45) is -0.586. The quantitative estimate of drug-likeness (QED) is 0.847. The van der Waals surface area contributed by atoms with Gasteiger partial charge in [0.2, 0.25) is 5.91 Å². The molecule has 0 atom stereocenters. The number of rotatable bonds is 5. The fraction of sp³-hybridized carbons (Fsp3) is 0.421. The van der Waals surface area contributed by atoms with E-state index in [1.54, 1.807) is 24.3 Å². The molecule has 2 heterocycles. The lowest BCUT2D eigenvalue weighted by molar-refractivity contribution is -0.141. The number of nitrogens with zero attached hydrogens (tertiary/aromatic N) is 3. The summed E-state index contributed by atoms with van der Waals surface area (Å²) in [5.41, 5.74) is -0.459. The Kier molecular flexibility index (Phi) is 5.71. The Morgan fingerprint density at radius 3 is 2.39 bits per heavy atom. The summed E-state index contributed by atoms with van der Waals surface area (Å²) in [7, 11) is 1.32. The molecule has 3 rings (SSSR count). The fourth-order valence-electron chi connectivity index (χ4n) is 3.19. The second kappa shape index (κ2) is 8.04. The van der Waals surface area contributed by atoms with Crippen LogP contribution in [0.25, 0.3) is 0 Å². The highest BCUT2D eigenvalue weighted by atomic mass is 19.4. The second-order valence-corrected chi connectivity index (χ2v) is 6.80. The lowest BCUT2D eigenvalue weighted by Gasteiger charge is -2.15. The van der Waals surface area contributed by atoms with Crippen LogP contribution in [-0.2, 0) is 24.4 Å². The highest BCUT2D eigenvalue weighted by Crippen LogP contribution is 2.31. The van der Waals surface area contributed by atoms with Crippen LogP contribution in [0.4, 0.5) is 18.9 Å². The van der Waals surface area contributed by atoms with Gasteiger partial charge in [0.25, 0.3) is 5.91 Å². The topological polar surface area (TPSA) is 67.2 Å². The van der Waals surface area contributed by atoms with Gasteiger partial charge < -0.3 is 10.2 Å². The Morgan fingerprint density at radius 1 is 1.14 bits per heavy atom. The van der Waals surface area contributed by atoms with Crippen molar-refractivity contribution in [2.75, 3.05) is 18.4 Å². The number of amides is 2. The van der Waals surface area contributed by atoms with Crippen LogP contribution in [0.1, 0.15) is 40.9 Å². The number of carbonyl (C=O) groups excluding carboxylic acids is 2. The summed E-state index contributed by atoms with van der Waals surface area (Å²) in [5, 5.41) is 5.78. The van der Waals surface area contributed by atoms with Crippen LogP contribution in [0, 0.1) is 0 Å². The average molecular weight is 394 g/mol. The number of benzene rings is 1. The molecule has 1 N–H and O–H groups in total. The van der Waals surface area contributed by atoms with Gasteiger partial charge in [0, 0.05) is 38.4 Å². The van der Waals surface area contributed by atoms with E-state index in [0.29, 0.717) is 18.5 Å². The molecule has 1 fully saturated rings. The lowest BCUT2D eigenvalue weighted by atomic mass is 10.1. The molecule has 28 heavy (non-hydrogen) atoms. The first kappa shape index (κ1) is 19.9. The molecule has 1 saturated heterocycles. The van der Waals surface area contributed by atoms with Gasteiger partial charge in [0.05, 0.1) is 5.56 Å². The summed E-state index contributed by atoms with van der Waals surface area (Å²) in [4.78, 5) is 26.2. The van der Waals surface area contributed by atoms with Gasteiger partial charge in [-0.1, -0.05) is 12.1 Å². The fourth-order valence-corrected chi connectivity index (χ4v) is 3.19. The average Bonchev–Trinajstić information content (AvgIpc) is 3.30. The lowest BCUT2D eigenvalue weighted by Crippen LogP contribution is -2.27. The maximum Gasteiger partial charge on any atom is 0.435 e. The maximum absolute atomic E-state index is 13.0. The van der Waals surface area contributed by atoms with Crippen LogP contribution in [-0.4, -0.2) is 39.6 Å². The standard InChI is InChI=1S/C19H21F3N4O2/c1-25-12-15(17(24-25)19(20,21)22)18(28)23-14-7-4-13(5-8-14)6-9-16(27)26-10-2-3-11-26/h4-5,7-8,12H,2-3,6,9-11H2,1H3,(H,23,28). The number of likely N-dealkylation sites (tertiary alicyclic amines) is 1. The maximum atomic E-state index is 13.0. The van der Waals surface area contributed by atoms with Crippen molar-refractivity contribution in [1.29, 1.82) is 0 Å². The molecule has 2 amide bonds. The van der Waals surface area contributed by atoms with Crippen molar-refractivity contribution >= 4 is 17.5 Å². The molecule has 0 radical (unpaired) electrons. The molecule has 1 aromatic heterocycles. The van der Waals surface area contributed by atoms with Gasteiger partial charge in [0.15, 0.2) is 5.69 Å². The van der Waals surface area contributed by atoms with Crippen molar-refractivity contribution in [3.63, 3.8) is 0 Å². The van der Waals surface area contributed by atoms with Crippen molar-refractivity contribution in [3.8, 4) is 0 Å². The smallest absolute Gasteiger partial charge is 0.343 e. The summed E-state index contributed by atoms with van der Waals surface area (Å²) in [5.74, 6) is -0.747. The van der Waals surface area contributed by atoms with Crippen molar-refractivity contribution in [3.05, 3.63) is 47.3 Å². The molecule has 1 aromatic carbocycles. The van der Waals surface area contributed by atoms with Crippen LogP contribution < -0.4 is 5.32 Å². The van der Waals surface area contributed by atoms with E-state index in [1.807, 2.05) is 4.90 Å². The van der Waals surface area contributed by atoms with Crippen molar-refractivity contribution < 1.29 is 22.8 Å². The van der Waals surface area contributed by atoms with Gasteiger partial charge in [-0.15, -0.1) is 0 Å². The molecule has 6 nitrogen and oxygen atoms in total. The molecule has 150 valence electrons. The predicted octanol–water partition coefficient (Wildman–Crippen LogP) is 3.25. The number of hydrogen-bond donors (Lipinski definition) is 1. The van der Waals surface area contributed by atoms with Crippen LogP contribution in [0.3, 0.4) is 0 Å². The van der Waals surface area contributed by atoms with E-state index < -0.39 is 23.3 Å². The summed E-state index contributed by atoms with van der Waals surface area (Å²) >= 11 is 0. The van der Waals surface area contributed by atoms with E-state index in [0.717, 1.165) is 42.4 Å². The third-order valence-corrected chi connectivity index (χ3v) is 4.64. The highest BCUT2D eigenvalue weighted by molar-refractivity contribution is 6.05. The molecule has 0 spiro atoms. The van der Waals surface area contributed by atoms with Gasteiger partial charge in [-0.2, -0.15) is 18.3 Å². The van der Waals surface area contributed by atoms with Crippen LogP contribution in [0.5, 0.6) is 0 Å². The molecule has 2 aromatic rings. The van der Waals surface area contributed by atoms with Gasteiger partial charge in [-0.3, -0.25) is 14.3 Å². The minimum atomic E-state index is -4.71. The number of aromatic nitrogens is 2. The van der Waals surface area contributed by atoms with E-state index in [2.05, 4.69) is 10.4 Å². The van der Waals surface area contributed by atoms with E-state index >= 15 is 0 Å². The number of nitrogens with one attached hydrogen (secondary N) is 1. The summed E-state index contributed by atoms with van der Waals surface area (Å²) in [6, 6.07) is 6.72. The molecule has 0 aliphatic carbocycles. The normalized spacial score (nSPS) is 14.4. The third kappa shape index (κ3) is 4.71. The first-order valence-corrected chi connectivity index (χ1v) is 9.03. The van der Waals surface area contributed by atoms with E-state index in [-0.39, 0.29) is 5.91 Å². The van der Waals surface area contributed by atoms with Crippen molar-refractivity contribution in [1.82, 2.24) is 14.7 Å². The molecule has 9 heteroatoms. The first-order chi connectivity index (χ1) is 13.2. The minimum Gasteiger partial charge on any atom is -0.343 e. The van der Waals surface area contributed by atoms with Gasteiger partial charge >= 0.3 is 6.18 Å². The van der Waals surface area contributed by atoms with Crippen LogP contribution >= 0.6 is 0 Å². The van der Waals surface area contributed by atoms with Gasteiger partial charge in [0.1, 0.15) is 0 Å². The van der Waals surface area contributed by atoms with Gasteiger partial charge in [-0.25, -0.2) is 0 Å². The monoisotopic (exact) mass is 394 g/mol. The zero-order valence-corrected chi connectivity index (χ0v) is 15.4. The van der Waals surface area contributed by atoms with E-state index in [9.17, 15) is 22.8 Å². The number of carbonyl (C=O) groups is 2. The largest absolute Gasteiger partial charge is 0.435 e. The van der Waals surface area contributed by atoms with E-state index in [1.165, 1.54) is 7.05 Å². The number of anilines is 1. The summed E-state index contributed by atoms with van der Waals surface area (Å²) in [6.45, 7) is 1.64. The Bertz CT molecular complexity index is 853. The Morgan fingerprint density at radius 2 is 1.79 bits per heavy atom. The van der Waals surface area contributed by atoms with Gasteiger partial charge in [-0.05, 0) is 37.0 Å².